The van der Waals surface area contributed by atoms with Gasteiger partial charge in [0.1, 0.15) is 11.9 Å². The molecule has 0 radical (unpaired) electrons. The topological polar surface area (TPSA) is 52.3 Å². The standard InChI is InChI=1S/C11H11ClF3NO2/c1-2-18-10(17)11(14,15)9(16)8-6(12)4-3-5-7(8)13/h3-5,9H,2,16H2,1H3/t9-/m1/s1. The molecule has 0 heterocycles. The summed E-state index contributed by atoms with van der Waals surface area (Å²) in [6, 6.07) is 1.19. The zero-order valence-electron chi connectivity index (χ0n) is 9.42. The lowest BCUT2D eigenvalue weighted by Crippen LogP contribution is -2.42. The first-order valence-corrected chi connectivity index (χ1v) is 5.44. The van der Waals surface area contributed by atoms with Crippen molar-refractivity contribution < 1.29 is 22.7 Å². The molecular weight excluding hydrogens is 271 g/mol. The van der Waals surface area contributed by atoms with Crippen LogP contribution in [0.1, 0.15) is 18.5 Å². The largest absolute Gasteiger partial charge is 0.462 e. The highest BCUT2D eigenvalue weighted by molar-refractivity contribution is 6.31. The van der Waals surface area contributed by atoms with Gasteiger partial charge in [0.25, 0.3) is 0 Å². The molecule has 0 saturated heterocycles. The maximum Gasteiger partial charge on any atom is 0.379 e. The van der Waals surface area contributed by atoms with Crippen molar-refractivity contribution in [2.24, 2.45) is 5.73 Å². The number of carbonyl (C=O) groups is 1. The molecule has 1 rings (SSSR count). The van der Waals surface area contributed by atoms with Crippen LogP contribution in [-0.2, 0) is 9.53 Å². The number of hydrogen-bond acceptors (Lipinski definition) is 3. The van der Waals surface area contributed by atoms with Crippen LogP contribution in [-0.4, -0.2) is 18.5 Å². The lowest BCUT2D eigenvalue weighted by atomic mass is 10.0. The van der Waals surface area contributed by atoms with E-state index in [1.54, 1.807) is 0 Å². The van der Waals surface area contributed by atoms with Gasteiger partial charge >= 0.3 is 11.9 Å². The van der Waals surface area contributed by atoms with Gasteiger partial charge in [-0.25, -0.2) is 9.18 Å². The number of halogens is 4. The lowest BCUT2D eigenvalue weighted by molar-refractivity contribution is -0.174. The average Bonchev–Trinajstić information content (AvgIpc) is 2.28. The molecule has 0 aromatic heterocycles. The van der Waals surface area contributed by atoms with E-state index >= 15 is 0 Å². The third-order valence-corrected chi connectivity index (χ3v) is 2.58. The van der Waals surface area contributed by atoms with E-state index in [9.17, 15) is 18.0 Å². The Morgan fingerprint density at radius 3 is 2.67 bits per heavy atom. The molecular formula is C11H11ClF3NO2. The molecule has 2 N–H and O–H groups in total. The van der Waals surface area contributed by atoms with Crippen molar-refractivity contribution in [1.82, 2.24) is 0 Å². The summed E-state index contributed by atoms with van der Waals surface area (Å²) in [5.74, 6) is -6.86. The second-order valence-corrected chi connectivity index (χ2v) is 3.86. The van der Waals surface area contributed by atoms with Crippen LogP contribution in [0.3, 0.4) is 0 Å². The molecule has 0 amide bonds. The minimum Gasteiger partial charge on any atom is -0.462 e. The van der Waals surface area contributed by atoms with E-state index in [1.165, 1.54) is 19.1 Å². The molecule has 1 atom stereocenters. The number of carbonyl (C=O) groups excluding carboxylic acids is 1. The Kier molecular flexibility index (Phi) is 4.59. The Morgan fingerprint density at radius 2 is 2.17 bits per heavy atom. The van der Waals surface area contributed by atoms with Gasteiger partial charge in [-0.3, -0.25) is 0 Å². The summed E-state index contributed by atoms with van der Waals surface area (Å²) in [5.41, 5.74) is 4.62. The first-order valence-electron chi connectivity index (χ1n) is 5.06. The lowest BCUT2D eigenvalue weighted by Gasteiger charge is -2.22. The Hall–Kier alpha value is -1.27. The molecule has 0 aliphatic heterocycles. The van der Waals surface area contributed by atoms with Crippen LogP contribution in [0.5, 0.6) is 0 Å². The monoisotopic (exact) mass is 281 g/mol. The average molecular weight is 282 g/mol. The summed E-state index contributed by atoms with van der Waals surface area (Å²) in [6.07, 6.45) is 0. The number of nitrogens with two attached hydrogens (primary N) is 1. The summed E-state index contributed by atoms with van der Waals surface area (Å²) < 4.78 is 44.9. The van der Waals surface area contributed by atoms with Crippen molar-refractivity contribution in [1.29, 1.82) is 0 Å². The summed E-state index contributed by atoms with van der Waals surface area (Å²) >= 11 is 5.61. The molecule has 0 aliphatic carbocycles. The molecule has 7 heteroatoms. The number of hydrogen-bond donors (Lipinski definition) is 1. The number of alkyl halides is 2. The third kappa shape index (κ3) is 2.76. The number of rotatable bonds is 4. The molecule has 100 valence electrons. The van der Waals surface area contributed by atoms with Gasteiger partial charge < -0.3 is 10.5 Å². The zero-order valence-corrected chi connectivity index (χ0v) is 10.2. The van der Waals surface area contributed by atoms with Gasteiger partial charge in [-0.15, -0.1) is 0 Å². The molecule has 0 unspecified atom stereocenters. The van der Waals surface area contributed by atoms with Gasteiger partial charge in [0, 0.05) is 10.6 Å². The van der Waals surface area contributed by atoms with Crippen LogP contribution in [0.25, 0.3) is 0 Å². The molecule has 1 aromatic carbocycles. The smallest absolute Gasteiger partial charge is 0.379 e. The Bertz CT molecular complexity index is 434. The third-order valence-electron chi connectivity index (χ3n) is 2.25. The van der Waals surface area contributed by atoms with Gasteiger partial charge in [0.15, 0.2) is 0 Å². The summed E-state index contributed by atoms with van der Waals surface area (Å²) in [7, 11) is 0. The Balaban J connectivity index is 3.13. The van der Waals surface area contributed by atoms with E-state index in [4.69, 9.17) is 17.3 Å². The Labute approximate surface area is 107 Å². The fourth-order valence-corrected chi connectivity index (χ4v) is 1.62. The highest BCUT2D eigenvalue weighted by atomic mass is 35.5. The molecule has 1 aromatic rings. The first-order chi connectivity index (χ1) is 8.32. The fraction of sp³-hybridized carbons (Fsp3) is 0.364. The maximum absolute atomic E-state index is 13.6. The van der Waals surface area contributed by atoms with Crippen molar-refractivity contribution in [3.63, 3.8) is 0 Å². The van der Waals surface area contributed by atoms with E-state index < -0.39 is 29.3 Å². The highest BCUT2D eigenvalue weighted by Gasteiger charge is 2.49. The number of ether oxygens (including phenoxy) is 1. The van der Waals surface area contributed by atoms with E-state index in [-0.39, 0.29) is 11.6 Å². The fourth-order valence-electron chi connectivity index (χ4n) is 1.34. The predicted octanol–water partition coefficient (Wildman–Crippen LogP) is 2.68. The van der Waals surface area contributed by atoms with Crippen LogP contribution in [0.2, 0.25) is 5.02 Å². The van der Waals surface area contributed by atoms with Crippen molar-refractivity contribution >= 4 is 17.6 Å². The summed E-state index contributed by atoms with van der Waals surface area (Å²) in [5, 5.41) is -0.272. The van der Waals surface area contributed by atoms with E-state index in [1.807, 2.05) is 0 Å². The molecule has 0 aliphatic rings. The quantitative estimate of drug-likeness (QED) is 0.863. The Morgan fingerprint density at radius 1 is 1.56 bits per heavy atom. The minimum absolute atomic E-state index is 0.230. The highest BCUT2D eigenvalue weighted by Crippen LogP contribution is 2.35. The molecule has 0 fully saturated rings. The van der Waals surface area contributed by atoms with E-state index in [0.29, 0.717) is 0 Å². The van der Waals surface area contributed by atoms with Crippen molar-refractivity contribution in [2.75, 3.05) is 6.61 Å². The maximum atomic E-state index is 13.6. The van der Waals surface area contributed by atoms with Gasteiger partial charge in [-0.2, -0.15) is 8.78 Å². The SMILES string of the molecule is CCOC(=O)C(F)(F)[C@H](N)c1c(F)cccc1Cl. The second kappa shape index (κ2) is 5.58. The van der Waals surface area contributed by atoms with Crippen LogP contribution in [0.4, 0.5) is 13.2 Å². The summed E-state index contributed by atoms with van der Waals surface area (Å²) in [4.78, 5) is 11.1. The number of esters is 1. The van der Waals surface area contributed by atoms with Crippen molar-refractivity contribution in [2.45, 2.75) is 18.9 Å². The van der Waals surface area contributed by atoms with Crippen LogP contribution in [0, 0.1) is 5.82 Å². The molecule has 3 nitrogen and oxygen atoms in total. The molecule has 0 spiro atoms. The van der Waals surface area contributed by atoms with E-state index in [2.05, 4.69) is 4.74 Å². The molecule has 0 saturated carbocycles. The zero-order chi connectivity index (χ0) is 13.9. The van der Waals surface area contributed by atoms with Gasteiger partial charge in [0.05, 0.1) is 6.61 Å². The predicted molar refractivity (Wildman–Crippen MR) is 59.9 cm³/mol. The summed E-state index contributed by atoms with van der Waals surface area (Å²) in [6.45, 7) is 1.14. The van der Waals surface area contributed by atoms with E-state index in [0.717, 1.165) is 6.07 Å². The van der Waals surface area contributed by atoms with Crippen molar-refractivity contribution in [3.8, 4) is 0 Å². The first kappa shape index (κ1) is 14.8. The van der Waals surface area contributed by atoms with Crippen LogP contribution in [0.15, 0.2) is 18.2 Å². The van der Waals surface area contributed by atoms with Crippen LogP contribution >= 0.6 is 11.6 Å². The minimum atomic E-state index is -4.05. The van der Waals surface area contributed by atoms with Crippen molar-refractivity contribution in [3.05, 3.63) is 34.6 Å². The number of benzene rings is 1. The van der Waals surface area contributed by atoms with Crippen LogP contribution < -0.4 is 5.73 Å². The molecule has 18 heavy (non-hydrogen) atoms. The van der Waals surface area contributed by atoms with Gasteiger partial charge in [0.2, 0.25) is 0 Å². The normalized spacial score (nSPS) is 13.2. The molecule has 0 bridgehead atoms. The van der Waals surface area contributed by atoms with Gasteiger partial charge in [-0.1, -0.05) is 17.7 Å². The second-order valence-electron chi connectivity index (χ2n) is 3.46. The van der Waals surface area contributed by atoms with Gasteiger partial charge in [-0.05, 0) is 19.1 Å².